The summed E-state index contributed by atoms with van der Waals surface area (Å²) in [5.74, 6) is 0.354. The van der Waals surface area contributed by atoms with Gasteiger partial charge in [-0.05, 0) is 38.4 Å². The van der Waals surface area contributed by atoms with Gasteiger partial charge >= 0.3 is 0 Å². The summed E-state index contributed by atoms with van der Waals surface area (Å²) in [5.41, 5.74) is 1.14. The third-order valence-corrected chi connectivity index (χ3v) is 4.51. The number of anilines is 1. The van der Waals surface area contributed by atoms with Gasteiger partial charge in [0.1, 0.15) is 5.75 Å². The highest BCUT2D eigenvalue weighted by Gasteiger charge is 2.26. The molecule has 2 heterocycles. The maximum absolute atomic E-state index is 9.63. The van der Waals surface area contributed by atoms with Crippen molar-refractivity contribution >= 4 is 5.69 Å². The Morgan fingerprint density at radius 1 is 1.35 bits per heavy atom. The predicted molar refractivity (Wildman–Crippen MR) is 82.4 cm³/mol. The average Bonchev–Trinajstić information content (AvgIpc) is 2.92. The molecule has 2 aliphatic rings. The standard InChI is InChI=1S/C16H25N3O/c1-13-11-18(12-14-4-3-7-17-14)8-9-19(13)15-5-2-6-16(20)10-15/h2,5-6,10,13-14,17,20H,3-4,7-9,11-12H2,1H3/t13-,14?/m0/s1. The van der Waals surface area contributed by atoms with Crippen molar-refractivity contribution in [3.63, 3.8) is 0 Å². The van der Waals surface area contributed by atoms with Gasteiger partial charge in [-0.15, -0.1) is 0 Å². The van der Waals surface area contributed by atoms with Crippen LogP contribution in [0.15, 0.2) is 24.3 Å². The number of phenols is 1. The number of hydrogen-bond acceptors (Lipinski definition) is 4. The first-order valence-corrected chi connectivity index (χ1v) is 7.74. The Morgan fingerprint density at radius 2 is 2.25 bits per heavy atom. The van der Waals surface area contributed by atoms with Crippen molar-refractivity contribution in [3.05, 3.63) is 24.3 Å². The number of piperazine rings is 1. The summed E-state index contributed by atoms with van der Waals surface area (Å²) in [7, 11) is 0. The molecule has 0 bridgehead atoms. The maximum Gasteiger partial charge on any atom is 0.117 e. The minimum absolute atomic E-state index is 0.354. The minimum Gasteiger partial charge on any atom is -0.508 e. The molecule has 1 aromatic rings. The molecule has 2 fully saturated rings. The van der Waals surface area contributed by atoms with E-state index in [0.29, 0.717) is 17.8 Å². The lowest BCUT2D eigenvalue weighted by Crippen LogP contribution is -2.54. The van der Waals surface area contributed by atoms with Crippen LogP contribution >= 0.6 is 0 Å². The summed E-state index contributed by atoms with van der Waals surface area (Å²) in [4.78, 5) is 4.98. The summed E-state index contributed by atoms with van der Waals surface area (Å²) in [6, 6.07) is 8.79. The molecule has 1 aromatic carbocycles. The number of rotatable bonds is 3. The molecular weight excluding hydrogens is 250 g/mol. The van der Waals surface area contributed by atoms with Crippen molar-refractivity contribution in [1.29, 1.82) is 0 Å². The third kappa shape index (κ3) is 3.07. The number of benzene rings is 1. The van der Waals surface area contributed by atoms with E-state index in [2.05, 4.69) is 28.1 Å². The van der Waals surface area contributed by atoms with Crippen LogP contribution in [-0.2, 0) is 0 Å². The number of nitrogens with zero attached hydrogens (tertiary/aromatic N) is 2. The molecular formula is C16H25N3O. The Bertz CT molecular complexity index is 445. The summed E-state index contributed by atoms with van der Waals surface area (Å²) in [6.45, 7) is 7.89. The fourth-order valence-corrected chi connectivity index (χ4v) is 3.48. The fraction of sp³-hybridized carbons (Fsp3) is 0.625. The van der Waals surface area contributed by atoms with Gasteiger partial charge in [0, 0.05) is 50.0 Å². The molecule has 0 aromatic heterocycles. The van der Waals surface area contributed by atoms with Gasteiger partial charge < -0.3 is 15.3 Å². The van der Waals surface area contributed by atoms with Crippen LogP contribution in [0.1, 0.15) is 19.8 Å². The number of aromatic hydroxyl groups is 1. The van der Waals surface area contributed by atoms with Crippen molar-refractivity contribution in [2.24, 2.45) is 0 Å². The minimum atomic E-state index is 0.354. The second-order valence-electron chi connectivity index (χ2n) is 6.12. The van der Waals surface area contributed by atoms with E-state index < -0.39 is 0 Å². The van der Waals surface area contributed by atoms with Crippen molar-refractivity contribution in [2.75, 3.05) is 37.6 Å². The lowest BCUT2D eigenvalue weighted by molar-refractivity contribution is 0.211. The van der Waals surface area contributed by atoms with Crippen molar-refractivity contribution < 1.29 is 5.11 Å². The van der Waals surface area contributed by atoms with Gasteiger partial charge in [0.05, 0.1) is 0 Å². The lowest BCUT2D eigenvalue weighted by Gasteiger charge is -2.42. The highest BCUT2D eigenvalue weighted by Crippen LogP contribution is 2.24. The van der Waals surface area contributed by atoms with E-state index in [9.17, 15) is 5.11 Å². The molecule has 0 saturated carbocycles. The van der Waals surface area contributed by atoms with Gasteiger partial charge in [-0.2, -0.15) is 0 Å². The van der Waals surface area contributed by atoms with E-state index in [4.69, 9.17) is 0 Å². The molecule has 4 nitrogen and oxygen atoms in total. The molecule has 2 saturated heterocycles. The topological polar surface area (TPSA) is 38.7 Å². The molecule has 20 heavy (non-hydrogen) atoms. The van der Waals surface area contributed by atoms with E-state index in [1.165, 1.54) is 25.9 Å². The fourth-order valence-electron chi connectivity index (χ4n) is 3.48. The van der Waals surface area contributed by atoms with Gasteiger partial charge in [0.25, 0.3) is 0 Å². The van der Waals surface area contributed by atoms with E-state index in [-0.39, 0.29) is 0 Å². The molecule has 4 heteroatoms. The van der Waals surface area contributed by atoms with Crippen LogP contribution < -0.4 is 10.2 Å². The van der Waals surface area contributed by atoms with Crippen LogP contribution in [0.2, 0.25) is 0 Å². The van der Waals surface area contributed by atoms with E-state index >= 15 is 0 Å². The van der Waals surface area contributed by atoms with Gasteiger partial charge in [-0.1, -0.05) is 6.07 Å². The summed E-state index contributed by atoms with van der Waals surface area (Å²) in [5, 5.41) is 13.2. The molecule has 2 N–H and O–H groups in total. The molecule has 0 spiro atoms. The predicted octanol–water partition coefficient (Wildman–Crippen LogP) is 1.65. The summed E-state index contributed by atoms with van der Waals surface area (Å²) >= 11 is 0. The molecule has 110 valence electrons. The van der Waals surface area contributed by atoms with Crippen LogP contribution in [0.3, 0.4) is 0 Å². The molecule has 2 aliphatic heterocycles. The highest BCUT2D eigenvalue weighted by molar-refractivity contribution is 5.51. The Balaban J connectivity index is 1.59. The second kappa shape index (κ2) is 6.02. The SMILES string of the molecule is C[C@H]1CN(CC2CCCN2)CCN1c1cccc(O)c1. The van der Waals surface area contributed by atoms with Crippen LogP contribution in [0.5, 0.6) is 5.75 Å². The van der Waals surface area contributed by atoms with Gasteiger partial charge in [0.2, 0.25) is 0 Å². The van der Waals surface area contributed by atoms with E-state index in [0.717, 1.165) is 25.3 Å². The average molecular weight is 275 g/mol. The zero-order valence-corrected chi connectivity index (χ0v) is 12.3. The second-order valence-corrected chi connectivity index (χ2v) is 6.12. The maximum atomic E-state index is 9.63. The number of phenolic OH excluding ortho intramolecular Hbond substituents is 1. The van der Waals surface area contributed by atoms with Crippen LogP contribution in [0, 0.1) is 0 Å². The van der Waals surface area contributed by atoms with Crippen LogP contribution in [-0.4, -0.2) is 54.8 Å². The van der Waals surface area contributed by atoms with Gasteiger partial charge in [-0.25, -0.2) is 0 Å². The monoisotopic (exact) mass is 275 g/mol. The smallest absolute Gasteiger partial charge is 0.117 e. The summed E-state index contributed by atoms with van der Waals surface area (Å²) < 4.78 is 0. The Morgan fingerprint density at radius 3 is 2.95 bits per heavy atom. The van der Waals surface area contributed by atoms with E-state index in [1.807, 2.05) is 12.1 Å². The highest BCUT2D eigenvalue weighted by atomic mass is 16.3. The Labute approximate surface area is 121 Å². The first-order valence-electron chi connectivity index (χ1n) is 7.74. The third-order valence-electron chi connectivity index (χ3n) is 4.51. The van der Waals surface area contributed by atoms with Crippen molar-refractivity contribution in [2.45, 2.75) is 31.8 Å². The lowest BCUT2D eigenvalue weighted by atomic mass is 10.1. The molecule has 3 rings (SSSR count). The molecule has 0 radical (unpaired) electrons. The number of nitrogens with one attached hydrogen (secondary N) is 1. The first kappa shape index (κ1) is 13.7. The zero-order chi connectivity index (χ0) is 13.9. The molecule has 0 aliphatic carbocycles. The van der Waals surface area contributed by atoms with Crippen molar-refractivity contribution in [1.82, 2.24) is 10.2 Å². The Hall–Kier alpha value is -1.26. The summed E-state index contributed by atoms with van der Waals surface area (Å²) in [6.07, 6.45) is 2.64. The van der Waals surface area contributed by atoms with Crippen molar-refractivity contribution in [3.8, 4) is 5.75 Å². The largest absolute Gasteiger partial charge is 0.508 e. The van der Waals surface area contributed by atoms with Crippen LogP contribution in [0.4, 0.5) is 5.69 Å². The number of hydrogen-bond donors (Lipinski definition) is 2. The van der Waals surface area contributed by atoms with E-state index in [1.54, 1.807) is 6.07 Å². The molecule has 2 atom stereocenters. The normalized spacial score (nSPS) is 27.9. The Kier molecular flexibility index (Phi) is 4.13. The van der Waals surface area contributed by atoms with Crippen LogP contribution in [0.25, 0.3) is 0 Å². The van der Waals surface area contributed by atoms with Gasteiger partial charge in [-0.3, -0.25) is 4.90 Å². The van der Waals surface area contributed by atoms with Gasteiger partial charge in [0.15, 0.2) is 0 Å². The first-order chi connectivity index (χ1) is 9.72. The molecule has 0 amide bonds. The quantitative estimate of drug-likeness (QED) is 0.880. The molecule has 1 unspecified atom stereocenters. The zero-order valence-electron chi connectivity index (χ0n) is 12.3.